The van der Waals surface area contributed by atoms with Crippen LogP contribution in [0, 0.1) is 0 Å². The summed E-state index contributed by atoms with van der Waals surface area (Å²) < 4.78 is 5.43. The Balaban J connectivity index is 3.55. The minimum absolute atomic E-state index is 0.0171. The molecule has 0 aliphatic rings. The fourth-order valence-electron chi connectivity index (χ4n) is 8.16. The molecule has 6 heteroatoms. The number of ether oxygens (including phenoxy) is 1. The summed E-state index contributed by atoms with van der Waals surface area (Å²) in [5.74, 6) is -0.131. The van der Waals surface area contributed by atoms with Crippen molar-refractivity contribution in [2.45, 2.75) is 296 Å². The molecular weight excluding hydrogens is 743 g/mol. The summed E-state index contributed by atoms with van der Waals surface area (Å²) in [5.41, 5.74) is 0. The summed E-state index contributed by atoms with van der Waals surface area (Å²) in [6.07, 6.45) is 58.8. The van der Waals surface area contributed by atoms with Crippen molar-refractivity contribution in [2.75, 3.05) is 13.2 Å². The average molecular weight is 846 g/mol. The van der Waals surface area contributed by atoms with E-state index in [1.165, 1.54) is 193 Å². The predicted molar refractivity (Wildman–Crippen MR) is 260 cm³/mol. The maximum Gasteiger partial charge on any atom is 0.305 e. The number of allylic oxidation sites excluding steroid dienone is 4. The Kier molecular flexibility index (Phi) is 48.6. The second-order valence-electron chi connectivity index (χ2n) is 18.2. The number of aliphatic hydroxyl groups excluding tert-OH is 2. The molecule has 3 N–H and O–H groups in total. The van der Waals surface area contributed by atoms with Crippen molar-refractivity contribution in [1.29, 1.82) is 0 Å². The SMILES string of the molecule is CCCCCCCCCCCCCCCCCCCCCC(O)C(CO)NC(=O)CC/C=C\C/C=C\CCCCCCCCOC(=O)CCCCCCCCCCCCC. The average Bonchev–Trinajstić information content (AvgIpc) is 3.25. The van der Waals surface area contributed by atoms with Gasteiger partial charge in [0.05, 0.1) is 25.4 Å². The van der Waals surface area contributed by atoms with Gasteiger partial charge in [0.2, 0.25) is 5.91 Å². The van der Waals surface area contributed by atoms with E-state index in [9.17, 15) is 19.8 Å². The van der Waals surface area contributed by atoms with Crippen LogP contribution in [0.4, 0.5) is 0 Å². The van der Waals surface area contributed by atoms with Crippen LogP contribution >= 0.6 is 0 Å². The van der Waals surface area contributed by atoms with E-state index in [4.69, 9.17) is 4.74 Å². The third-order valence-electron chi connectivity index (χ3n) is 12.3. The minimum atomic E-state index is -0.698. The van der Waals surface area contributed by atoms with Gasteiger partial charge < -0.3 is 20.3 Å². The van der Waals surface area contributed by atoms with Gasteiger partial charge in [0.1, 0.15) is 0 Å². The van der Waals surface area contributed by atoms with Crippen molar-refractivity contribution in [3.8, 4) is 0 Å². The smallest absolute Gasteiger partial charge is 0.305 e. The molecule has 0 aromatic carbocycles. The Labute approximate surface area is 373 Å². The zero-order valence-electron chi connectivity index (χ0n) is 40.2. The molecule has 6 nitrogen and oxygen atoms in total. The van der Waals surface area contributed by atoms with Crippen LogP contribution in [0.1, 0.15) is 284 Å². The van der Waals surface area contributed by atoms with Gasteiger partial charge in [-0.3, -0.25) is 9.59 Å². The van der Waals surface area contributed by atoms with Crippen molar-refractivity contribution in [2.24, 2.45) is 0 Å². The largest absolute Gasteiger partial charge is 0.466 e. The number of hydrogen-bond acceptors (Lipinski definition) is 5. The van der Waals surface area contributed by atoms with Gasteiger partial charge in [-0.1, -0.05) is 250 Å². The van der Waals surface area contributed by atoms with E-state index in [1.807, 2.05) is 6.08 Å². The van der Waals surface area contributed by atoms with Gasteiger partial charge in [-0.05, 0) is 44.9 Å². The fraction of sp³-hybridized carbons (Fsp3) is 0.889. The molecule has 1 amide bonds. The lowest BCUT2D eigenvalue weighted by Crippen LogP contribution is -2.45. The van der Waals surface area contributed by atoms with Crippen molar-refractivity contribution in [1.82, 2.24) is 5.32 Å². The number of rotatable bonds is 49. The van der Waals surface area contributed by atoms with Crippen LogP contribution in [-0.4, -0.2) is 47.4 Å². The molecule has 60 heavy (non-hydrogen) atoms. The molecule has 2 atom stereocenters. The third kappa shape index (κ3) is 45.9. The van der Waals surface area contributed by atoms with Crippen LogP contribution in [-0.2, 0) is 14.3 Å². The second kappa shape index (κ2) is 50.0. The molecule has 2 unspecified atom stereocenters. The highest BCUT2D eigenvalue weighted by atomic mass is 16.5. The van der Waals surface area contributed by atoms with Crippen molar-refractivity contribution in [3.63, 3.8) is 0 Å². The number of amides is 1. The summed E-state index contributed by atoms with van der Waals surface area (Å²) in [6, 6.07) is -0.585. The molecular formula is C54H103NO5. The van der Waals surface area contributed by atoms with E-state index in [-0.39, 0.29) is 18.5 Å². The molecule has 0 spiro atoms. The van der Waals surface area contributed by atoms with Gasteiger partial charge in [0.25, 0.3) is 0 Å². The Morgan fingerprint density at radius 1 is 0.467 bits per heavy atom. The first kappa shape index (κ1) is 58.3. The molecule has 0 rings (SSSR count). The van der Waals surface area contributed by atoms with Crippen LogP contribution in [0.5, 0.6) is 0 Å². The van der Waals surface area contributed by atoms with E-state index in [0.717, 1.165) is 51.4 Å². The summed E-state index contributed by atoms with van der Waals surface area (Å²) in [5, 5.41) is 23.2. The standard InChI is InChI=1S/C54H103NO5/c1-3-5-7-9-11-13-15-16-17-18-19-20-21-23-27-30-34-38-42-46-52(57)51(50-56)55-53(58)47-43-39-35-31-28-24-22-25-29-33-37-41-45-49-60-54(59)48-44-40-36-32-26-14-12-10-8-6-4-2/h24,28,35,39,51-52,56-57H,3-23,25-27,29-34,36-38,40-50H2,1-2H3,(H,55,58)/b28-24-,39-35-. The van der Waals surface area contributed by atoms with Gasteiger partial charge in [-0.15, -0.1) is 0 Å². The molecule has 0 fully saturated rings. The molecule has 0 saturated carbocycles. The van der Waals surface area contributed by atoms with Gasteiger partial charge in [0, 0.05) is 12.8 Å². The minimum Gasteiger partial charge on any atom is -0.466 e. The second-order valence-corrected chi connectivity index (χ2v) is 18.2. The van der Waals surface area contributed by atoms with E-state index >= 15 is 0 Å². The lowest BCUT2D eigenvalue weighted by molar-refractivity contribution is -0.143. The Morgan fingerprint density at radius 3 is 1.30 bits per heavy atom. The number of carbonyl (C=O) groups excluding carboxylic acids is 2. The number of carbonyl (C=O) groups is 2. The zero-order chi connectivity index (χ0) is 43.7. The quantitative estimate of drug-likeness (QED) is 0.0322. The van der Waals surface area contributed by atoms with E-state index in [2.05, 4.69) is 37.4 Å². The number of unbranched alkanes of at least 4 members (excludes halogenated alkanes) is 34. The number of hydrogen-bond donors (Lipinski definition) is 3. The fourth-order valence-corrected chi connectivity index (χ4v) is 8.16. The lowest BCUT2D eigenvalue weighted by Gasteiger charge is -2.22. The molecule has 0 aromatic rings. The molecule has 0 radical (unpaired) electrons. The summed E-state index contributed by atoms with van der Waals surface area (Å²) in [6.45, 7) is 4.89. The van der Waals surface area contributed by atoms with Crippen molar-refractivity contribution in [3.05, 3.63) is 24.3 Å². The molecule has 0 saturated heterocycles. The van der Waals surface area contributed by atoms with Crippen LogP contribution in [0.2, 0.25) is 0 Å². The van der Waals surface area contributed by atoms with Gasteiger partial charge in [-0.25, -0.2) is 0 Å². The molecule has 0 aliphatic heterocycles. The van der Waals surface area contributed by atoms with Crippen LogP contribution in [0.3, 0.4) is 0 Å². The first-order valence-electron chi connectivity index (χ1n) is 26.6. The van der Waals surface area contributed by atoms with Crippen LogP contribution in [0.15, 0.2) is 24.3 Å². The maximum atomic E-state index is 12.4. The Bertz CT molecular complexity index is 935. The molecule has 0 bridgehead atoms. The van der Waals surface area contributed by atoms with Crippen molar-refractivity contribution < 1.29 is 24.5 Å². The summed E-state index contributed by atoms with van der Waals surface area (Å²) >= 11 is 0. The van der Waals surface area contributed by atoms with Crippen LogP contribution in [0.25, 0.3) is 0 Å². The van der Waals surface area contributed by atoms with Crippen molar-refractivity contribution >= 4 is 11.9 Å². The first-order chi connectivity index (χ1) is 29.5. The number of aliphatic hydroxyl groups is 2. The maximum absolute atomic E-state index is 12.4. The van der Waals surface area contributed by atoms with Crippen LogP contribution < -0.4 is 5.32 Å². The summed E-state index contributed by atoms with van der Waals surface area (Å²) in [4.78, 5) is 24.4. The Hall–Kier alpha value is -1.66. The molecule has 0 aliphatic carbocycles. The number of nitrogens with one attached hydrogen (secondary N) is 1. The first-order valence-corrected chi connectivity index (χ1v) is 26.6. The zero-order valence-corrected chi connectivity index (χ0v) is 40.2. The lowest BCUT2D eigenvalue weighted by atomic mass is 10.0. The molecule has 0 aromatic heterocycles. The van der Waals surface area contributed by atoms with E-state index < -0.39 is 12.1 Å². The van der Waals surface area contributed by atoms with Gasteiger partial charge in [-0.2, -0.15) is 0 Å². The van der Waals surface area contributed by atoms with E-state index in [1.54, 1.807) is 0 Å². The highest BCUT2D eigenvalue weighted by molar-refractivity contribution is 5.76. The highest BCUT2D eigenvalue weighted by Gasteiger charge is 2.19. The molecule has 0 heterocycles. The summed E-state index contributed by atoms with van der Waals surface area (Å²) in [7, 11) is 0. The predicted octanol–water partition coefficient (Wildman–Crippen LogP) is 15.9. The topological polar surface area (TPSA) is 95.9 Å². The van der Waals surface area contributed by atoms with Gasteiger partial charge >= 0.3 is 5.97 Å². The molecule has 354 valence electrons. The third-order valence-corrected chi connectivity index (χ3v) is 12.3. The number of esters is 1. The highest BCUT2D eigenvalue weighted by Crippen LogP contribution is 2.17. The normalized spacial score (nSPS) is 12.8. The Morgan fingerprint density at radius 2 is 0.850 bits per heavy atom. The van der Waals surface area contributed by atoms with Gasteiger partial charge in [0.15, 0.2) is 0 Å². The monoisotopic (exact) mass is 846 g/mol. The van der Waals surface area contributed by atoms with E-state index in [0.29, 0.717) is 32.3 Å².